The molecule has 208 valence electrons. The van der Waals surface area contributed by atoms with Crippen molar-refractivity contribution in [2.24, 2.45) is 11.3 Å². The van der Waals surface area contributed by atoms with Gasteiger partial charge in [-0.1, -0.05) is 46.8 Å². The SMILES string of the molecule is CC(C)CNS(=O)(=O)c1ccccc1NC(=O)[C@@H]1CCCN1C(=O)[C@@H](NC(=O)OC(C)(C)C)C(C)(C)C. The fourth-order valence-corrected chi connectivity index (χ4v) is 5.29. The third-order valence-electron chi connectivity index (χ3n) is 5.73. The molecule has 1 aromatic carbocycles. The van der Waals surface area contributed by atoms with Crippen LogP contribution >= 0.6 is 0 Å². The molecule has 10 nitrogen and oxygen atoms in total. The summed E-state index contributed by atoms with van der Waals surface area (Å²) >= 11 is 0. The van der Waals surface area contributed by atoms with E-state index in [0.29, 0.717) is 19.4 Å². The summed E-state index contributed by atoms with van der Waals surface area (Å²) < 4.78 is 33.6. The van der Waals surface area contributed by atoms with Crippen molar-refractivity contribution in [2.45, 2.75) is 90.8 Å². The normalized spacial score (nSPS) is 17.4. The third-order valence-corrected chi connectivity index (χ3v) is 7.21. The van der Waals surface area contributed by atoms with Crippen LogP contribution in [0.5, 0.6) is 0 Å². The van der Waals surface area contributed by atoms with Gasteiger partial charge in [-0.15, -0.1) is 0 Å². The maximum atomic E-state index is 13.6. The fourth-order valence-electron chi connectivity index (χ4n) is 3.92. The number of carbonyl (C=O) groups excluding carboxylic acids is 3. The van der Waals surface area contributed by atoms with E-state index in [9.17, 15) is 22.8 Å². The maximum absolute atomic E-state index is 13.6. The number of ether oxygens (including phenoxy) is 1. The molecule has 1 heterocycles. The molecule has 0 aliphatic carbocycles. The van der Waals surface area contributed by atoms with Crippen molar-refractivity contribution in [2.75, 3.05) is 18.4 Å². The molecule has 1 aromatic rings. The summed E-state index contributed by atoms with van der Waals surface area (Å²) in [6.45, 7) is 15.1. The molecule has 0 bridgehead atoms. The summed E-state index contributed by atoms with van der Waals surface area (Å²) in [5, 5.41) is 5.40. The number of benzene rings is 1. The van der Waals surface area contributed by atoms with Crippen LogP contribution in [0.15, 0.2) is 29.2 Å². The zero-order chi connectivity index (χ0) is 28.2. The highest BCUT2D eigenvalue weighted by Crippen LogP contribution is 2.28. The van der Waals surface area contributed by atoms with Crippen LogP contribution in [0.2, 0.25) is 0 Å². The number of hydrogen-bond donors (Lipinski definition) is 3. The molecular formula is C26H42N4O6S. The van der Waals surface area contributed by atoms with E-state index in [0.717, 1.165) is 0 Å². The zero-order valence-corrected chi connectivity index (χ0v) is 24.0. The van der Waals surface area contributed by atoms with Crippen LogP contribution in [-0.2, 0) is 24.3 Å². The first-order chi connectivity index (χ1) is 16.9. The Labute approximate surface area is 220 Å². The number of nitrogens with zero attached hydrogens (tertiary/aromatic N) is 1. The van der Waals surface area contributed by atoms with Gasteiger partial charge in [0.2, 0.25) is 21.8 Å². The molecule has 1 aliphatic heterocycles. The molecule has 0 unspecified atom stereocenters. The van der Waals surface area contributed by atoms with Gasteiger partial charge in [0, 0.05) is 13.1 Å². The minimum atomic E-state index is -3.85. The highest BCUT2D eigenvalue weighted by Gasteiger charge is 2.42. The first kappa shape index (κ1) is 30.6. The van der Waals surface area contributed by atoms with Crippen LogP contribution < -0.4 is 15.4 Å². The van der Waals surface area contributed by atoms with Gasteiger partial charge in [-0.2, -0.15) is 0 Å². The molecule has 3 amide bonds. The smallest absolute Gasteiger partial charge is 0.408 e. The molecule has 0 radical (unpaired) electrons. The van der Waals surface area contributed by atoms with Crippen molar-refractivity contribution >= 4 is 33.6 Å². The number of rotatable bonds is 8. The van der Waals surface area contributed by atoms with Gasteiger partial charge in [0.05, 0.1) is 5.69 Å². The zero-order valence-electron chi connectivity index (χ0n) is 23.2. The minimum Gasteiger partial charge on any atom is -0.444 e. The van der Waals surface area contributed by atoms with Gasteiger partial charge < -0.3 is 20.3 Å². The number of sulfonamides is 1. The van der Waals surface area contributed by atoms with E-state index in [4.69, 9.17) is 4.74 Å². The summed E-state index contributed by atoms with van der Waals surface area (Å²) in [6, 6.07) is 4.43. The second-order valence-electron chi connectivity index (χ2n) is 11.9. The Bertz CT molecular complexity index is 1090. The summed E-state index contributed by atoms with van der Waals surface area (Å²) in [6.07, 6.45) is 0.304. The van der Waals surface area contributed by atoms with E-state index >= 15 is 0 Å². The van der Waals surface area contributed by atoms with E-state index in [-0.39, 0.29) is 23.0 Å². The van der Waals surface area contributed by atoms with Crippen molar-refractivity contribution in [3.05, 3.63) is 24.3 Å². The van der Waals surface area contributed by atoms with Crippen LogP contribution in [0.1, 0.15) is 68.2 Å². The quantitative estimate of drug-likeness (QED) is 0.464. The third kappa shape index (κ3) is 8.70. The highest BCUT2D eigenvalue weighted by atomic mass is 32.2. The molecule has 1 saturated heterocycles. The average Bonchev–Trinajstić information content (AvgIpc) is 3.24. The van der Waals surface area contributed by atoms with E-state index in [1.165, 1.54) is 17.0 Å². The summed E-state index contributed by atoms with van der Waals surface area (Å²) in [7, 11) is -3.85. The number of likely N-dealkylation sites (tertiary alicyclic amines) is 1. The number of hydrogen-bond acceptors (Lipinski definition) is 6. The van der Waals surface area contributed by atoms with Crippen molar-refractivity contribution < 1.29 is 27.5 Å². The van der Waals surface area contributed by atoms with Crippen LogP contribution in [0.3, 0.4) is 0 Å². The number of amides is 3. The average molecular weight is 539 g/mol. The topological polar surface area (TPSA) is 134 Å². The second kappa shape index (κ2) is 11.8. The molecule has 37 heavy (non-hydrogen) atoms. The summed E-state index contributed by atoms with van der Waals surface area (Å²) in [5.41, 5.74) is -1.24. The van der Waals surface area contributed by atoms with Crippen molar-refractivity contribution in [1.29, 1.82) is 0 Å². The molecular weight excluding hydrogens is 496 g/mol. The van der Waals surface area contributed by atoms with Gasteiger partial charge in [0.15, 0.2) is 0 Å². The monoisotopic (exact) mass is 538 g/mol. The number of carbonyl (C=O) groups is 3. The Morgan fingerprint density at radius 1 is 1.08 bits per heavy atom. The van der Waals surface area contributed by atoms with Crippen LogP contribution in [0.4, 0.5) is 10.5 Å². The molecule has 2 atom stereocenters. The summed E-state index contributed by atoms with van der Waals surface area (Å²) in [5.74, 6) is -0.766. The van der Waals surface area contributed by atoms with Gasteiger partial charge >= 0.3 is 6.09 Å². The molecule has 3 N–H and O–H groups in total. The lowest BCUT2D eigenvalue weighted by Crippen LogP contribution is -2.57. The largest absolute Gasteiger partial charge is 0.444 e. The molecule has 1 fully saturated rings. The fraction of sp³-hybridized carbons (Fsp3) is 0.654. The van der Waals surface area contributed by atoms with Crippen molar-refractivity contribution in [3.8, 4) is 0 Å². The Morgan fingerprint density at radius 2 is 1.70 bits per heavy atom. The van der Waals surface area contributed by atoms with Gasteiger partial charge in [-0.05, 0) is 57.1 Å². The van der Waals surface area contributed by atoms with Gasteiger partial charge in [-0.25, -0.2) is 17.9 Å². The minimum absolute atomic E-state index is 0.0426. The van der Waals surface area contributed by atoms with Crippen molar-refractivity contribution in [3.63, 3.8) is 0 Å². The lowest BCUT2D eigenvalue weighted by molar-refractivity contribution is -0.140. The maximum Gasteiger partial charge on any atom is 0.408 e. The van der Waals surface area contributed by atoms with Gasteiger partial charge in [0.1, 0.15) is 22.6 Å². The van der Waals surface area contributed by atoms with E-state index in [1.54, 1.807) is 32.9 Å². The highest BCUT2D eigenvalue weighted by molar-refractivity contribution is 7.89. The first-order valence-electron chi connectivity index (χ1n) is 12.6. The first-order valence-corrected chi connectivity index (χ1v) is 14.1. The number of nitrogens with one attached hydrogen (secondary N) is 3. The lowest BCUT2D eigenvalue weighted by Gasteiger charge is -2.35. The number of anilines is 1. The van der Waals surface area contributed by atoms with E-state index < -0.39 is 51.0 Å². The number of alkyl carbamates (subject to hydrolysis) is 1. The van der Waals surface area contributed by atoms with Crippen molar-refractivity contribution in [1.82, 2.24) is 14.9 Å². The molecule has 0 spiro atoms. The lowest BCUT2D eigenvalue weighted by atomic mass is 9.85. The molecule has 11 heteroatoms. The van der Waals surface area contributed by atoms with Crippen LogP contribution in [0, 0.1) is 11.3 Å². The standard InChI is InChI=1S/C26H42N4O6S/c1-17(2)16-27-37(34,35)20-14-10-9-12-18(20)28-22(31)19-13-11-15-30(19)23(32)21(25(3,4)5)29-24(33)36-26(6,7)8/h9-10,12,14,17,19,21,27H,11,13,15-16H2,1-8H3,(H,28,31)(H,29,33)/t19-,21+/m0/s1. The van der Waals surface area contributed by atoms with E-state index in [1.807, 2.05) is 34.6 Å². The second-order valence-corrected chi connectivity index (χ2v) is 13.6. The Kier molecular flexibility index (Phi) is 9.75. The Morgan fingerprint density at radius 3 is 2.27 bits per heavy atom. The van der Waals surface area contributed by atoms with E-state index in [2.05, 4.69) is 15.4 Å². The molecule has 2 rings (SSSR count). The Hall–Kier alpha value is -2.66. The van der Waals surface area contributed by atoms with Gasteiger partial charge in [0.25, 0.3) is 0 Å². The predicted octanol–water partition coefficient (Wildman–Crippen LogP) is 3.49. The van der Waals surface area contributed by atoms with Gasteiger partial charge in [-0.3, -0.25) is 9.59 Å². The number of para-hydroxylation sites is 1. The molecule has 0 saturated carbocycles. The Balaban J connectivity index is 2.25. The van der Waals surface area contributed by atoms with Crippen LogP contribution in [-0.4, -0.2) is 62.0 Å². The predicted molar refractivity (Wildman–Crippen MR) is 142 cm³/mol. The molecule has 1 aliphatic rings. The summed E-state index contributed by atoms with van der Waals surface area (Å²) in [4.78, 5) is 40.8. The molecule has 0 aromatic heterocycles. The van der Waals surface area contributed by atoms with Crippen LogP contribution in [0.25, 0.3) is 0 Å².